The lowest BCUT2D eigenvalue weighted by molar-refractivity contribution is -0.385. The van der Waals surface area contributed by atoms with Gasteiger partial charge in [0.05, 0.1) is 10.5 Å². The van der Waals surface area contributed by atoms with Crippen LogP contribution in [0.15, 0.2) is 30.3 Å². The summed E-state index contributed by atoms with van der Waals surface area (Å²) in [4.78, 5) is 32.3. The van der Waals surface area contributed by atoms with Gasteiger partial charge in [-0.15, -0.1) is 0 Å². The first kappa shape index (κ1) is 12.5. The van der Waals surface area contributed by atoms with E-state index in [-0.39, 0.29) is 16.3 Å². The van der Waals surface area contributed by atoms with Crippen molar-refractivity contribution in [1.82, 2.24) is 0 Å². The fraction of sp³-hybridized carbons (Fsp3) is 0. The fourth-order valence-corrected chi connectivity index (χ4v) is 1.91. The average molecular weight is 261 g/mol. The molecule has 0 saturated heterocycles. The van der Waals surface area contributed by atoms with Crippen molar-refractivity contribution in [3.63, 3.8) is 0 Å². The zero-order valence-corrected chi connectivity index (χ0v) is 9.36. The summed E-state index contributed by atoms with van der Waals surface area (Å²) in [6.45, 7) is 0. The summed E-state index contributed by atoms with van der Waals surface area (Å²) in [5.41, 5.74) is -1.54. The molecule has 0 aliphatic rings. The third kappa shape index (κ3) is 1.97. The van der Waals surface area contributed by atoms with E-state index >= 15 is 0 Å². The number of nitro benzene ring substituents is 1. The van der Waals surface area contributed by atoms with Gasteiger partial charge in [-0.2, -0.15) is 0 Å². The summed E-state index contributed by atoms with van der Waals surface area (Å²) >= 11 is 0. The second-order valence-corrected chi connectivity index (χ2v) is 3.73. The van der Waals surface area contributed by atoms with Gasteiger partial charge in [0.25, 0.3) is 5.69 Å². The van der Waals surface area contributed by atoms with Gasteiger partial charge in [-0.05, 0) is 5.39 Å². The smallest absolute Gasteiger partial charge is 0.343 e. The van der Waals surface area contributed by atoms with Gasteiger partial charge in [0.1, 0.15) is 5.56 Å². The van der Waals surface area contributed by atoms with Crippen LogP contribution in [-0.2, 0) is 0 Å². The second kappa shape index (κ2) is 4.37. The molecule has 0 aliphatic carbocycles. The minimum absolute atomic E-state index is 0.0293. The summed E-state index contributed by atoms with van der Waals surface area (Å²) in [5.74, 6) is -2.82. The van der Waals surface area contributed by atoms with Crippen LogP contribution in [0.5, 0.6) is 0 Å². The molecular weight excluding hydrogens is 254 g/mol. The summed E-state index contributed by atoms with van der Waals surface area (Å²) in [7, 11) is 0. The van der Waals surface area contributed by atoms with Crippen LogP contribution in [0.25, 0.3) is 10.8 Å². The maximum atomic E-state index is 11.2. The Morgan fingerprint density at radius 3 is 2.11 bits per heavy atom. The summed E-state index contributed by atoms with van der Waals surface area (Å²) in [6, 6.07) is 6.55. The van der Waals surface area contributed by atoms with E-state index in [0.717, 1.165) is 6.07 Å². The van der Waals surface area contributed by atoms with Crippen molar-refractivity contribution in [3.8, 4) is 0 Å². The predicted octanol–water partition coefficient (Wildman–Crippen LogP) is 2.14. The Morgan fingerprint density at radius 1 is 1.05 bits per heavy atom. The maximum Gasteiger partial charge on any atom is 0.343 e. The Morgan fingerprint density at radius 2 is 1.63 bits per heavy atom. The van der Waals surface area contributed by atoms with E-state index in [1.165, 1.54) is 24.3 Å². The van der Waals surface area contributed by atoms with E-state index in [1.807, 2.05) is 0 Å². The molecule has 0 heterocycles. The number of rotatable bonds is 3. The summed E-state index contributed by atoms with van der Waals surface area (Å²) in [5, 5.41) is 29.2. The van der Waals surface area contributed by atoms with Crippen molar-refractivity contribution in [1.29, 1.82) is 0 Å². The minimum atomic E-state index is -1.47. The molecule has 7 heteroatoms. The van der Waals surface area contributed by atoms with E-state index in [9.17, 15) is 19.7 Å². The molecule has 0 aromatic heterocycles. The summed E-state index contributed by atoms with van der Waals surface area (Å²) < 4.78 is 0. The Kier molecular flexibility index (Phi) is 2.88. The number of benzene rings is 2. The van der Waals surface area contributed by atoms with Gasteiger partial charge >= 0.3 is 11.9 Å². The van der Waals surface area contributed by atoms with Crippen LogP contribution in [0.2, 0.25) is 0 Å². The quantitative estimate of drug-likeness (QED) is 0.645. The number of aromatic carboxylic acids is 2. The topological polar surface area (TPSA) is 118 Å². The molecule has 2 rings (SSSR count). The zero-order valence-electron chi connectivity index (χ0n) is 9.36. The fourth-order valence-electron chi connectivity index (χ4n) is 1.91. The van der Waals surface area contributed by atoms with E-state index in [2.05, 4.69) is 0 Å². The first-order chi connectivity index (χ1) is 8.93. The monoisotopic (exact) mass is 261 g/mol. The lowest BCUT2D eigenvalue weighted by Gasteiger charge is -2.07. The molecule has 2 N–H and O–H groups in total. The molecule has 0 aliphatic heterocycles. The molecule has 0 bridgehead atoms. The van der Waals surface area contributed by atoms with Crippen molar-refractivity contribution in [2.24, 2.45) is 0 Å². The summed E-state index contributed by atoms with van der Waals surface area (Å²) in [6.07, 6.45) is 0. The predicted molar refractivity (Wildman–Crippen MR) is 64.5 cm³/mol. The molecule has 2 aromatic rings. The number of carboxylic acid groups (broad SMARTS) is 2. The highest BCUT2D eigenvalue weighted by Crippen LogP contribution is 2.31. The van der Waals surface area contributed by atoms with Crippen molar-refractivity contribution in [2.75, 3.05) is 0 Å². The molecule has 96 valence electrons. The first-order valence-electron chi connectivity index (χ1n) is 5.10. The molecule has 0 saturated carbocycles. The second-order valence-electron chi connectivity index (χ2n) is 3.73. The highest BCUT2D eigenvalue weighted by atomic mass is 16.6. The number of fused-ring (bicyclic) bond motifs is 1. The van der Waals surface area contributed by atoms with E-state index in [0.29, 0.717) is 0 Å². The van der Waals surface area contributed by atoms with Gasteiger partial charge in [-0.3, -0.25) is 10.1 Å². The molecule has 0 unspecified atom stereocenters. The van der Waals surface area contributed by atoms with Crippen LogP contribution in [-0.4, -0.2) is 27.1 Å². The number of hydrogen-bond acceptors (Lipinski definition) is 4. The van der Waals surface area contributed by atoms with E-state index < -0.39 is 28.1 Å². The number of carbonyl (C=O) groups is 2. The number of hydrogen-bond donors (Lipinski definition) is 2. The van der Waals surface area contributed by atoms with E-state index in [1.54, 1.807) is 0 Å². The molecular formula is C12H7NO6. The SMILES string of the molecule is O=C(O)c1cc([N+](=O)[O-])c(C(=O)O)c2ccccc12. The molecule has 7 nitrogen and oxygen atoms in total. The van der Waals surface area contributed by atoms with Gasteiger partial charge in [0.2, 0.25) is 0 Å². The highest BCUT2D eigenvalue weighted by molar-refractivity contribution is 6.13. The van der Waals surface area contributed by atoms with Crippen LogP contribution in [0, 0.1) is 10.1 Å². The van der Waals surface area contributed by atoms with Crippen LogP contribution in [0.3, 0.4) is 0 Å². The van der Waals surface area contributed by atoms with E-state index in [4.69, 9.17) is 10.2 Å². The molecule has 0 atom stereocenters. The van der Waals surface area contributed by atoms with Crippen LogP contribution < -0.4 is 0 Å². The Bertz CT molecular complexity index is 721. The third-order valence-electron chi connectivity index (χ3n) is 2.66. The lowest BCUT2D eigenvalue weighted by atomic mass is 9.98. The Balaban J connectivity index is 3.03. The molecule has 0 fully saturated rings. The Hall–Kier alpha value is -2.96. The van der Waals surface area contributed by atoms with Crippen LogP contribution in [0.1, 0.15) is 20.7 Å². The lowest BCUT2D eigenvalue weighted by Crippen LogP contribution is -2.07. The molecule has 2 aromatic carbocycles. The van der Waals surface area contributed by atoms with Crippen LogP contribution in [0.4, 0.5) is 5.69 Å². The standard InChI is InChI=1S/C12H7NO6/c14-11(15)8-5-9(13(18)19)10(12(16)17)7-4-2-1-3-6(7)8/h1-5H,(H,14,15)(H,16,17). The molecule has 0 radical (unpaired) electrons. The average Bonchev–Trinajstić information content (AvgIpc) is 2.35. The third-order valence-corrected chi connectivity index (χ3v) is 2.66. The van der Waals surface area contributed by atoms with Crippen molar-refractivity contribution >= 4 is 28.4 Å². The zero-order chi connectivity index (χ0) is 14.2. The van der Waals surface area contributed by atoms with Gasteiger partial charge in [-0.25, -0.2) is 9.59 Å². The maximum absolute atomic E-state index is 11.2. The van der Waals surface area contributed by atoms with Gasteiger partial charge in [-0.1, -0.05) is 24.3 Å². The molecule has 0 spiro atoms. The normalized spacial score (nSPS) is 10.3. The number of nitrogens with zero attached hydrogens (tertiary/aromatic N) is 1. The number of carboxylic acids is 2. The van der Waals surface area contributed by atoms with Gasteiger partial charge < -0.3 is 10.2 Å². The van der Waals surface area contributed by atoms with Crippen molar-refractivity contribution in [3.05, 3.63) is 51.6 Å². The Labute approximate surface area is 105 Å². The highest BCUT2D eigenvalue weighted by Gasteiger charge is 2.26. The van der Waals surface area contributed by atoms with Crippen molar-refractivity contribution in [2.45, 2.75) is 0 Å². The number of nitro groups is 1. The molecule has 0 amide bonds. The van der Waals surface area contributed by atoms with Gasteiger partial charge in [0, 0.05) is 11.5 Å². The van der Waals surface area contributed by atoms with Crippen molar-refractivity contribution < 1.29 is 24.7 Å². The minimum Gasteiger partial charge on any atom is -0.478 e. The van der Waals surface area contributed by atoms with Gasteiger partial charge in [0.15, 0.2) is 0 Å². The largest absolute Gasteiger partial charge is 0.478 e. The molecule has 19 heavy (non-hydrogen) atoms. The van der Waals surface area contributed by atoms with Crippen LogP contribution >= 0.6 is 0 Å². The first-order valence-corrected chi connectivity index (χ1v) is 5.10.